The minimum Gasteiger partial charge on any atom is -0.495 e. The molecular formula is C13H13BrN6O3S. The van der Waals surface area contributed by atoms with Gasteiger partial charge in [0.2, 0.25) is 10.0 Å². The molecule has 0 aliphatic carbocycles. The van der Waals surface area contributed by atoms with Crippen LogP contribution in [0.25, 0.3) is 11.0 Å². The summed E-state index contributed by atoms with van der Waals surface area (Å²) in [5.41, 5.74) is 0.985. The highest BCUT2D eigenvalue weighted by atomic mass is 79.9. The summed E-state index contributed by atoms with van der Waals surface area (Å²) in [4.78, 5) is 8.37. The van der Waals surface area contributed by atoms with Crippen LogP contribution in [0.4, 0.5) is 11.5 Å². The molecule has 126 valence electrons. The van der Waals surface area contributed by atoms with Crippen molar-refractivity contribution in [2.24, 2.45) is 0 Å². The maximum absolute atomic E-state index is 12.0. The third-order valence-corrected chi connectivity index (χ3v) is 5.30. The van der Waals surface area contributed by atoms with Gasteiger partial charge >= 0.3 is 0 Å². The van der Waals surface area contributed by atoms with E-state index in [1.54, 1.807) is 6.07 Å². The fraction of sp³-hybridized carbons (Fsp3) is 0.154. The number of rotatable bonds is 5. The largest absolute Gasteiger partial charge is 0.495 e. The predicted molar refractivity (Wildman–Crippen MR) is 91.9 cm³/mol. The van der Waals surface area contributed by atoms with E-state index in [0.29, 0.717) is 32.9 Å². The molecule has 3 aromatic rings. The number of nitrogens with zero attached hydrogens (tertiary/aromatic N) is 3. The first-order chi connectivity index (χ1) is 11.5. The Morgan fingerprint density at radius 1 is 1.29 bits per heavy atom. The van der Waals surface area contributed by atoms with Crippen molar-refractivity contribution < 1.29 is 13.2 Å². The SMILES string of the molecule is CNS(=O)(=O)c1ccc(OC)c(Nc2ncnc3[nH]nc(Br)c23)c1. The molecule has 0 amide bonds. The maximum Gasteiger partial charge on any atom is 0.240 e. The minimum absolute atomic E-state index is 0.102. The van der Waals surface area contributed by atoms with Crippen molar-refractivity contribution in [2.45, 2.75) is 4.90 Å². The topological polar surface area (TPSA) is 122 Å². The van der Waals surface area contributed by atoms with Crippen LogP contribution < -0.4 is 14.8 Å². The highest BCUT2D eigenvalue weighted by Crippen LogP contribution is 2.33. The number of aromatic amines is 1. The normalized spacial score (nSPS) is 11.6. The van der Waals surface area contributed by atoms with Gasteiger partial charge in [-0.05, 0) is 41.2 Å². The molecular weight excluding hydrogens is 400 g/mol. The Bertz CT molecular complexity index is 1000. The summed E-state index contributed by atoms with van der Waals surface area (Å²) in [6, 6.07) is 4.49. The summed E-state index contributed by atoms with van der Waals surface area (Å²) in [5.74, 6) is 0.925. The molecule has 2 heterocycles. The molecule has 9 nitrogen and oxygen atoms in total. The summed E-state index contributed by atoms with van der Waals surface area (Å²) >= 11 is 3.32. The molecule has 1 aromatic carbocycles. The van der Waals surface area contributed by atoms with Crippen molar-refractivity contribution in [3.63, 3.8) is 0 Å². The Morgan fingerprint density at radius 3 is 2.79 bits per heavy atom. The molecule has 0 aliphatic heterocycles. The molecule has 0 spiro atoms. The monoisotopic (exact) mass is 412 g/mol. The van der Waals surface area contributed by atoms with E-state index in [-0.39, 0.29) is 4.90 Å². The quantitative estimate of drug-likeness (QED) is 0.583. The number of halogens is 1. The van der Waals surface area contributed by atoms with Crippen LogP contribution in [0.3, 0.4) is 0 Å². The number of anilines is 2. The number of aromatic nitrogens is 4. The second-order valence-electron chi connectivity index (χ2n) is 4.65. The van der Waals surface area contributed by atoms with Crippen LogP contribution in [-0.2, 0) is 10.0 Å². The van der Waals surface area contributed by atoms with Gasteiger partial charge in [-0.2, -0.15) is 5.10 Å². The van der Waals surface area contributed by atoms with Gasteiger partial charge in [-0.1, -0.05) is 0 Å². The van der Waals surface area contributed by atoms with Crippen LogP contribution in [0, 0.1) is 0 Å². The molecule has 0 atom stereocenters. The van der Waals surface area contributed by atoms with Gasteiger partial charge in [0.05, 0.1) is 23.1 Å². The average Bonchev–Trinajstić information content (AvgIpc) is 2.97. The molecule has 3 N–H and O–H groups in total. The Kier molecular flexibility index (Phi) is 4.39. The molecule has 0 bridgehead atoms. The highest BCUT2D eigenvalue weighted by Gasteiger charge is 2.17. The van der Waals surface area contributed by atoms with Crippen molar-refractivity contribution in [3.8, 4) is 5.75 Å². The summed E-state index contributed by atoms with van der Waals surface area (Å²) in [7, 11) is -0.737. The van der Waals surface area contributed by atoms with Crippen molar-refractivity contribution in [1.29, 1.82) is 0 Å². The lowest BCUT2D eigenvalue weighted by atomic mass is 10.2. The van der Waals surface area contributed by atoms with E-state index in [1.807, 2.05) is 0 Å². The van der Waals surface area contributed by atoms with E-state index in [2.05, 4.69) is 46.1 Å². The second-order valence-corrected chi connectivity index (χ2v) is 7.29. The maximum atomic E-state index is 12.0. The summed E-state index contributed by atoms with van der Waals surface area (Å²) < 4.78 is 32.1. The Labute approximate surface area is 146 Å². The summed E-state index contributed by atoms with van der Waals surface area (Å²) in [5, 5.41) is 10.5. The van der Waals surface area contributed by atoms with Crippen LogP contribution in [0.2, 0.25) is 0 Å². The van der Waals surface area contributed by atoms with Gasteiger partial charge in [0.25, 0.3) is 0 Å². The molecule has 2 aromatic heterocycles. The van der Waals surface area contributed by atoms with Gasteiger partial charge in [0, 0.05) is 0 Å². The second kappa shape index (κ2) is 6.34. The van der Waals surface area contributed by atoms with E-state index in [0.717, 1.165) is 0 Å². The van der Waals surface area contributed by atoms with Crippen molar-refractivity contribution in [2.75, 3.05) is 19.5 Å². The lowest BCUT2D eigenvalue weighted by Gasteiger charge is -2.13. The zero-order valence-electron chi connectivity index (χ0n) is 12.7. The number of nitrogens with one attached hydrogen (secondary N) is 3. The molecule has 0 fully saturated rings. The van der Waals surface area contributed by atoms with Crippen LogP contribution in [0.15, 0.2) is 34.0 Å². The molecule has 0 radical (unpaired) electrons. The molecule has 3 rings (SSSR count). The Morgan fingerprint density at radius 2 is 2.08 bits per heavy atom. The smallest absolute Gasteiger partial charge is 0.240 e. The zero-order chi connectivity index (χ0) is 17.3. The number of benzene rings is 1. The summed E-state index contributed by atoms with van der Waals surface area (Å²) in [6.45, 7) is 0. The Balaban J connectivity index is 2.11. The fourth-order valence-corrected chi connectivity index (χ4v) is 3.34. The molecule has 0 aliphatic rings. The van der Waals surface area contributed by atoms with Crippen LogP contribution >= 0.6 is 15.9 Å². The van der Waals surface area contributed by atoms with Crippen LogP contribution in [-0.4, -0.2) is 42.7 Å². The first-order valence-corrected chi connectivity index (χ1v) is 8.97. The van der Waals surface area contributed by atoms with Gasteiger partial charge in [0.1, 0.15) is 22.5 Å². The summed E-state index contributed by atoms with van der Waals surface area (Å²) in [6.07, 6.45) is 1.37. The number of ether oxygens (including phenoxy) is 1. The van der Waals surface area contributed by atoms with E-state index < -0.39 is 10.0 Å². The third-order valence-electron chi connectivity index (χ3n) is 3.32. The van der Waals surface area contributed by atoms with Crippen molar-refractivity contribution >= 4 is 48.5 Å². The van der Waals surface area contributed by atoms with Crippen molar-refractivity contribution in [1.82, 2.24) is 24.9 Å². The van der Waals surface area contributed by atoms with Gasteiger partial charge in [-0.15, -0.1) is 0 Å². The van der Waals surface area contributed by atoms with Gasteiger partial charge in [-0.3, -0.25) is 5.10 Å². The minimum atomic E-state index is -3.58. The van der Waals surface area contributed by atoms with Gasteiger partial charge in [0.15, 0.2) is 5.65 Å². The molecule has 0 saturated carbocycles. The van der Waals surface area contributed by atoms with E-state index in [9.17, 15) is 8.42 Å². The predicted octanol–water partition coefficient (Wildman–Crippen LogP) is 1.78. The van der Waals surface area contributed by atoms with E-state index in [4.69, 9.17) is 4.74 Å². The highest BCUT2D eigenvalue weighted by molar-refractivity contribution is 9.10. The lowest BCUT2D eigenvalue weighted by molar-refractivity contribution is 0.416. The van der Waals surface area contributed by atoms with Crippen LogP contribution in [0.1, 0.15) is 0 Å². The van der Waals surface area contributed by atoms with Crippen molar-refractivity contribution in [3.05, 3.63) is 29.1 Å². The number of fused-ring (bicyclic) bond motifs is 1. The number of hydrogen-bond acceptors (Lipinski definition) is 7. The molecule has 0 saturated heterocycles. The lowest BCUT2D eigenvalue weighted by Crippen LogP contribution is -2.18. The number of H-pyrrole nitrogens is 1. The average molecular weight is 413 g/mol. The van der Waals surface area contributed by atoms with Gasteiger partial charge < -0.3 is 10.1 Å². The molecule has 0 unspecified atom stereocenters. The number of hydrogen-bond donors (Lipinski definition) is 3. The Hall–Kier alpha value is -2.24. The number of sulfonamides is 1. The molecule has 24 heavy (non-hydrogen) atoms. The number of methoxy groups -OCH3 is 1. The molecule has 11 heteroatoms. The third kappa shape index (κ3) is 2.92. The fourth-order valence-electron chi connectivity index (χ4n) is 2.12. The standard InChI is InChI=1S/C13H13BrN6O3S/c1-15-24(21,22)7-3-4-9(23-2)8(5-7)18-12-10-11(14)19-20-13(10)17-6-16-12/h3-6,15H,1-2H3,(H2,16,17,18,19,20). The van der Waals surface area contributed by atoms with Gasteiger partial charge in [-0.25, -0.2) is 23.1 Å². The first kappa shape index (κ1) is 16.6. The first-order valence-electron chi connectivity index (χ1n) is 6.69. The van der Waals surface area contributed by atoms with E-state index >= 15 is 0 Å². The zero-order valence-corrected chi connectivity index (χ0v) is 15.1. The van der Waals surface area contributed by atoms with Crippen LogP contribution in [0.5, 0.6) is 5.75 Å². The van der Waals surface area contributed by atoms with E-state index in [1.165, 1.54) is 32.6 Å².